The normalized spacial score (nSPS) is 10.7. The molecular formula is C15H16ClF2N3. The molecule has 0 bridgehead atoms. The van der Waals surface area contributed by atoms with Crippen LogP contribution in [-0.2, 0) is 12.8 Å². The van der Waals surface area contributed by atoms with Gasteiger partial charge in [-0.3, -0.25) is 0 Å². The van der Waals surface area contributed by atoms with Gasteiger partial charge < -0.3 is 5.32 Å². The summed E-state index contributed by atoms with van der Waals surface area (Å²) < 4.78 is 26.2. The van der Waals surface area contributed by atoms with Crippen molar-refractivity contribution in [1.29, 1.82) is 0 Å². The second kappa shape index (κ2) is 7.31. The Morgan fingerprint density at radius 1 is 1.10 bits per heavy atom. The Labute approximate surface area is 127 Å². The fourth-order valence-electron chi connectivity index (χ4n) is 2.10. The molecular weight excluding hydrogens is 296 g/mol. The Balaban J connectivity index is 2.01. The molecule has 0 radical (unpaired) electrons. The summed E-state index contributed by atoms with van der Waals surface area (Å²) in [7, 11) is 0. The van der Waals surface area contributed by atoms with Crippen molar-refractivity contribution in [3.63, 3.8) is 0 Å². The van der Waals surface area contributed by atoms with Crippen LogP contribution in [0.1, 0.15) is 24.5 Å². The predicted octanol–water partition coefficient (Wildman–Crippen LogP) is 4.02. The first-order valence-electron chi connectivity index (χ1n) is 6.78. The van der Waals surface area contributed by atoms with Crippen molar-refractivity contribution >= 4 is 17.4 Å². The van der Waals surface area contributed by atoms with Crippen molar-refractivity contribution in [3.05, 3.63) is 52.4 Å². The van der Waals surface area contributed by atoms with Gasteiger partial charge >= 0.3 is 0 Å². The van der Waals surface area contributed by atoms with Gasteiger partial charge in [0.1, 0.15) is 28.9 Å². The number of rotatable bonds is 6. The van der Waals surface area contributed by atoms with Crippen LogP contribution in [0.4, 0.5) is 14.6 Å². The van der Waals surface area contributed by atoms with E-state index < -0.39 is 11.6 Å². The topological polar surface area (TPSA) is 37.8 Å². The van der Waals surface area contributed by atoms with Crippen LogP contribution in [0.2, 0.25) is 5.15 Å². The standard InChI is InChI=1S/C15H16ClF2N3/c1-2-3-13-14(16)20-9-21-15(13)19-5-4-10-6-11(17)8-12(18)7-10/h6-9H,2-5H2,1H3,(H,19,20,21). The minimum atomic E-state index is -0.568. The average Bonchev–Trinajstić information content (AvgIpc) is 2.41. The molecule has 0 atom stereocenters. The third-order valence-corrected chi connectivity index (χ3v) is 3.35. The highest BCUT2D eigenvalue weighted by Crippen LogP contribution is 2.21. The van der Waals surface area contributed by atoms with Crippen LogP contribution in [0.15, 0.2) is 24.5 Å². The van der Waals surface area contributed by atoms with Crippen LogP contribution in [0.25, 0.3) is 0 Å². The molecule has 0 spiro atoms. The van der Waals surface area contributed by atoms with E-state index in [1.54, 1.807) is 0 Å². The zero-order chi connectivity index (χ0) is 15.2. The van der Waals surface area contributed by atoms with Gasteiger partial charge in [-0.2, -0.15) is 0 Å². The smallest absolute Gasteiger partial charge is 0.137 e. The molecule has 0 saturated carbocycles. The molecule has 21 heavy (non-hydrogen) atoms. The second-order valence-corrected chi connectivity index (χ2v) is 5.05. The van der Waals surface area contributed by atoms with Crippen molar-refractivity contribution < 1.29 is 8.78 Å². The molecule has 6 heteroatoms. The van der Waals surface area contributed by atoms with Gasteiger partial charge in [0.15, 0.2) is 0 Å². The van der Waals surface area contributed by atoms with Gasteiger partial charge in [-0.1, -0.05) is 24.9 Å². The van der Waals surface area contributed by atoms with Gasteiger partial charge in [-0.15, -0.1) is 0 Å². The minimum absolute atomic E-state index is 0.436. The van der Waals surface area contributed by atoms with E-state index in [2.05, 4.69) is 15.3 Å². The lowest BCUT2D eigenvalue weighted by Crippen LogP contribution is -2.10. The maximum absolute atomic E-state index is 13.1. The van der Waals surface area contributed by atoms with E-state index in [4.69, 9.17) is 11.6 Å². The predicted molar refractivity (Wildman–Crippen MR) is 79.6 cm³/mol. The molecule has 0 aliphatic carbocycles. The van der Waals surface area contributed by atoms with Gasteiger partial charge in [0.2, 0.25) is 0 Å². The molecule has 1 N–H and O–H groups in total. The highest BCUT2D eigenvalue weighted by molar-refractivity contribution is 6.30. The third-order valence-electron chi connectivity index (χ3n) is 3.02. The Morgan fingerprint density at radius 3 is 2.48 bits per heavy atom. The van der Waals surface area contributed by atoms with Crippen LogP contribution in [-0.4, -0.2) is 16.5 Å². The van der Waals surface area contributed by atoms with Crippen LogP contribution in [0.5, 0.6) is 0 Å². The molecule has 0 saturated heterocycles. The van der Waals surface area contributed by atoms with Crippen molar-refractivity contribution in [2.45, 2.75) is 26.2 Å². The highest BCUT2D eigenvalue weighted by atomic mass is 35.5. The molecule has 1 aromatic heterocycles. The number of hydrogen-bond acceptors (Lipinski definition) is 3. The molecule has 0 unspecified atom stereocenters. The summed E-state index contributed by atoms with van der Waals surface area (Å²) in [6.45, 7) is 2.55. The monoisotopic (exact) mass is 311 g/mol. The molecule has 0 amide bonds. The van der Waals surface area contributed by atoms with Crippen LogP contribution < -0.4 is 5.32 Å². The van der Waals surface area contributed by atoms with Crippen molar-refractivity contribution in [3.8, 4) is 0 Å². The summed E-state index contributed by atoms with van der Waals surface area (Å²) in [5, 5.41) is 3.58. The SMILES string of the molecule is CCCc1c(Cl)ncnc1NCCc1cc(F)cc(F)c1. The van der Waals surface area contributed by atoms with Crippen molar-refractivity contribution in [2.75, 3.05) is 11.9 Å². The first-order chi connectivity index (χ1) is 10.1. The molecule has 2 aromatic rings. The number of nitrogens with one attached hydrogen (secondary N) is 1. The zero-order valence-corrected chi connectivity index (χ0v) is 12.4. The first-order valence-corrected chi connectivity index (χ1v) is 7.16. The summed E-state index contributed by atoms with van der Waals surface area (Å²) in [5.74, 6) is -0.461. The summed E-state index contributed by atoms with van der Waals surface area (Å²) in [6, 6.07) is 3.51. The lowest BCUT2D eigenvalue weighted by molar-refractivity contribution is 0.580. The molecule has 0 fully saturated rings. The lowest BCUT2D eigenvalue weighted by atomic mass is 10.1. The Kier molecular flexibility index (Phi) is 5.44. The fourth-order valence-corrected chi connectivity index (χ4v) is 2.32. The maximum atomic E-state index is 13.1. The molecule has 112 valence electrons. The summed E-state index contributed by atoms with van der Waals surface area (Å²) in [5.41, 5.74) is 1.46. The van der Waals surface area contributed by atoms with Crippen LogP contribution >= 0.6 is 11.6 Å². The van der Waals surface area contributed by atoms with Gasteiger partial charge in [0.25, 0.3) is 0 Å². The number of benzene rings is 1. The maximum Gasteiger partial charge on any atom is 0.137 e. The second-order valence-electron chi connectivity index (χ2n) is 4.70. The minimum Gasteiger partial charge on any atom is -0.369 e. The molecule has 1 aromatic carbocycles. The summed E-state index contributed by atoms with van der Waals surface area (Å²) in [6.07, 6.45) is 3.58. The first kappa shape index (κ1) is 15.6. The van der Waals surface area contributed by atoms with Gasteiger partial charge in [0, 0.05) is 18.2 Å². The molecule has 1 heterocycles. The number of aromatic nitrogens is 2. The van der Waals surface area contributed by atoms with E-state index in [-0.39, 0.29) is 0 Å². The van der Waals surface area contributed by atoms with Crippen molar-refractivity contribution in [2.24, 2.45) is 0 Å². The van der Waals surface area contributed by atoms with Gasteiger partial charge in [-0.25, -0.2) is 18.7 Å². The molecule has 0 aliphatic rings. The van der Waals surface area contributed by atoms with E-state index in [1.165, 1.54) is 18.5 Å². The Hall–Kier alpha value is -1.75. The van der Waals surface area contributed by atoms with Crippen LogP contribution in [0, 0.1) is 11.6 Å². The van der Waals surface area contributed by atoms with E-state index in [0.29, 0.717) is 29.5 Å². The fraction of sp³-hybridized carbons (Fsp3) is 0.333. The number of nitrogens with zero attached hydrogens (tertiary/aromatic N) is 2. The largest absolute Gasteiger partial charge is 0.369 e. The quantitative estimate of drug-likeness (QED) is 0.819. The summed E-state index contributed by atoms with van der Waals surface area (Å²) in [4.78, 5) is 8.13. The average molecular weight is 312 g/mol. The molecule has 2 rings (SSSR count). The van der Waals surface area contributed by atoms with E-state index in [1.807, 2.05) is 6.92 Å². The zero-order valence-electron chi connectivity index (χ0n) is 11.7. The Bertz CT molecular complexity index is 600. The van der Waals surface area contributed by atoms with Crippen LogP contribution in [0.3, 0.4) is 0 Å². The number of hydrogen-bond donors (Lipinski definition) is 1. The number of anilines is 1. The molecule has 3 nitrogen and oxygen atoms in total. The van der Waals surface area contributed by atoms with Gasteiger partial charge in [-0.05, 0) is 30.5 Å². The van der Waals surface area contributed by atoms with E-state index >= 15 is 0 Å². The van der Waals surface area contributed by atoms with E-state index in [9.17, 15) is 8.78 Å². The van der Waals surface area contributed by atoms with E-state index in [0.717, 1.165) is 24.5 Å². The third kappa shape index (κ3) is 4.36. The highest BCUT2D eigenvalue weighted by Gasteiger charge is 2.08. The summed E-state index contributed by atoms with van der Waals surface area (Å²) >= 11 is 6.06. The number of halogens is 3. The molecule has 0 aliphatic heterocycles. The lowest BCUT2D eigenvalue weighted by Gasteiger charge is -2.11. The van der Waals surface area contributed by atoms with Gasteiger partial charge in [0.05, 0.1) is 0 Å². The van der Waals surface area contributed by atoms with Crippen molar-refractivity contribution in [1.82, 2.24) is 9.97 Å². The Morgan fingerprint density at radius 2 is 1.81 bits per heavy atom.